The highest BCUT2D eigenvalue weighted by Crippen LogP contribution is 2.26. The molecule has 0 bridgehead atoms. The third-order valence-electron chi connectivity index (χ3n) is 6.16. The standard InChI is InChI=1S/C26H22N6O3S/c33-24(30-14-19-10-17-11-27-9-8-22(17)36-19)21-6-7-23-29-15-20(26(34)32(21)23)28-12-18-13-31-25(35-18)16-4-2-1-3-5-16/h1-5,8-11,13,15,21,28H,6-7,12,14H2,(H,30,33)/t21-/m0/s1. The van der Waals surface area contributed by atoms with E-state index < -0.39 is 6.04 Å². The summed E-state index contributed by atoms with van der Waals surface area (Å²) >= 11 is 1.62. The van der Waals surface area contributed by atoms with Crippen LogP contribution in [0, 0.1) is 0 Å². The average molecular weight is 499 g/mol. The molecule has 0 aliphatic carbocycles. The lowest BCUT2D eigenvalue weighted by Gasteiger charge is -2.15. The molecule has 1 amide bonds. The van der Waals surface area contributed by atoms with Crippen LogP contribution in [0.25, 0.3) is 21.5 Å². The number of aromatic nitrogens is 4. The van der Waals surface area contributed by atoms with Gasteiger partial charge in [0.25, 0.3) is 5.56 Å². The SMILES string of the molecule is O=C(NCc1cc2cnccc2s1)[C@@H]1CCc2ncc(NCc3cnc(-c4ccccc4)o3)c(=O)n21. The van der Waals surface area contributed by atoms with Gasteiger partial charge in [0.1, 0.15) is 23.3 Å². The molecule has 0 saturated carbocycles. The molecule has 36 heavy (non-hydrogen) atoms. The number of carbonyl (C=O) groups is 1. The number of oxazole rings is 1. The van der Waals surface area contributed by atoms with Gasteiger partial charge in [0.05, 0.1) is 25.5 Å². The lowest BCUT2D eigenvalue weighted by Crippen LogP contribution is -2.36. The number of hydrogen-bond donors (Lipinski definition) is 2. The molecule has 180 valence electrons. The molecular weight excluding hydrogens is 476 g/mol. The Morgan fingerprint density at radius 2 is 2.00 bits per heavy atom. The molecule has 1 aliphatic heterocycles. The fraction of sp³-hybridized carbons (Fsp3) is 0.192. The smallest absolute Gasteiger partial charge is 0.277 e. The van der Waals surface area contributed by atoms with Gasteiger partial charge in [0.2, 0.25) is 11.8 Å². The van der Waals surface area contributed by atoms with E-state index in [0.717, 1.165) is 20.5 Å². The van der Waals surface area contributed by atoms with E-state index in [1.807, 2.05) is 48.7 Å². The molecule has 0 fully saturated rings. The summed E-state index contributed by atoms with van der Waals surface area (Å²) in [5.41, 5.74) is 0.922. The maximum Gasteiger partial charge on any atom is 0.277 e. The summed E-state index contributed by atoms with van der Waals surface area (Å²) in [6.45, 7) is 0.674. The second-order valence-corrected chi connectivity index (χ2v) is 9.68. The molecule has 6 rings (SSSR count). The summed E-state index contributed by atoms with van der Waals surface area (Å²) in [6.07, 6.45) is 7.83. The van der Waals surface area contributed by atoms with E-state index in [-0.39, 0.29) is 18.0 Å². The number of nitrogens with one attached hydrogen (secondary N) is 2. The third kappa shape index (κ3) is 4.27. The zero-order chi connectivity index (χ0) is 24.5. The van der Waals surface area contributed by atoms with Crippen LogP contribution < -0.4 is 16.2 Å². The van der Waals surface area contributed by atoms with Gasteiger partial charge in [0, 0.05) is 39.3 Å². The summed E-state index contributed by atoms with van der Waals surface area (Å²) < 4.78 is 8.44. The normalized spacial score (nSPS) is 14.6. The molecule has 0 saturated heterocycles. The molecule has 5 aromatic rings. The monoisotopic (exact) mass is 498 g/mol. The Hall–Kier alpha value is -4.31. The number of amides is 1. The van der Waals surface area contributed by atoms with Gasteiger partial charge in [-0.2, -0.15) is 0 Å². The van der Waals surface area contributed by atoms with E-state index in [9.17, 15) is 9.59 Å². The number of hydrogen-bond acceptors (Lipinski definition) is 8. The van der Waals surface area contributed by atoms with Crippen molar-refractivity contribution in [2.24, 2.45) is 0 Å². The number of rotatable bonds is 7. The van der Waals surface area contributed by atoms with Crippen LogP contribution in [-0.2, 0) is 24.3 Å². The van der Waals surface area contributed by atoms with Crippen molar-refractivity contribution in [2.45, 2.75) is 32.0 Å². The Bertz CT molecular complexity index is 1570. The molecule has 4 aromatic heterocycles. The summed E-state index contributed by atoms with van der Waals surface area (Å²) in [6, 6.07) is 13.0. The fourth-order valence-corrected chi connectivity index (χ4v) is 5.35. The quantitative estimate of drug-likeness (QED) is 0.349. The second kappa shape index (κ2) is 9.38. The summed E-state index contributed by atoms with van der Waals surface area (Å²) in [4.78, 5) is 40.2. The van der Waals surface area contributed by atoms with Crippen LogP contribution in [0.3, 0.4) is 0 Å². The highest BCUT2D eigenvalue weighted by molar-refractivity contribution is 7.19. The van der Waals surface area contributed by atoms with E-state index in [0.29, 0.717) is 42.5 Å². The average Bonchev–Trinajstić information content (AvgIpc) is 3.65. The molecule has 2 N–H and O–H groups in total. The van der Waals surface area contributed by atoms with Gasteiger partial charge in [-0.3, -0.25) is 19.1 Å². The van der Waals surface area contributed by atoms with Gasteiger partial charge in [-0.15, -0.1) is 11.3 Å². The molecule has 0 spiro atoms. The van der Waals surface area contributed by atoms with Crippen LogP contribution in [0.2, 0.25) is 0 Å². The molecule has 0 unspecified atom stereocenters. The zero-order valence-electron chi connectivity index (χ0n) is 19.2. The number of aryl methyl sites for hydroxylation is 1. The Balaban J connectivity index is 1.14. The first-order valence-electron chi connectivity index (χ1n) is 11.6. The second-order valence-electron chi connectivity index (χ2n) is 8.51. The van der Waals surface area contributed by atoms with Crippen molar-refractivity contribution in [3.05, 3.63) is 94.1 Å². The molecule has 10 heteroatoms. The Morgan fingerprint density at radius 1 is 1.11 bits per heavy atom. The van der Waals surface area contributed by atoms with Crippen LogP contribution in [0.4, 0.5) is 5.69 Å². The van der Waals surface area contributed by atoms with E-state index in [1.54, 1.807) is 23.7 Å². The summed E-state index contributed by atoms with van der Waals surface area (Å²) in [5, 5.41) is 7.13. The zero-order valence-corrected chi connectivity index (χ0v) is 20.0. The largest absolute Gasteiger partial charge is 0.439 e. The molecular formula is C26H22N6O3S. The molecule has 0 radical (unpaired) electrons. The number of anilines is 1. The first-order chi connectivity index (χ1) is 17.7. The minimum atomic E-state index is -0.590. The van der Waals surface area contributed by atoms with Crippen LogP contribution in [0.5, 0.6) is 0 Å². The summed E-state index contributed by atoms with van der Waals surface area (Å²) in [5.74, 6) is 1.53. The predicted octanol–water partition coefficient (Wildman–Crippen LogP) is 3.92. The van der Waals surface area contributed by atoms with Gasteiger partial charge in [-0.05, 0) is 30.7 Å². The molecule has 1 aromatic carbocycles. The van der Waals surface area contributed by atoms with Crippen molar-refractivity contribution in [3.8, 4) is 11.5 Å². The van der Waals surface area contributed by atoms with E-state index >= 15 is 0 Å². The van der Waals surface area contributed by atoms with Crippen LogP contribution in [0.15, 0.2) is 76.5 Å². The van der Waals surface area contributed by atoms with Crippen molar-refractivity contribution in [1.82, 2.24) is 24.8 Å². The number of nitrogens with zero attached hydrogens (tertiary/aromatic N) is 4. The lowest BCUT2D eigenvalue weighted by molar-refractivity contribution is -0.124. The van der Waals surface area contributed by atoms with Gasteiger partial charge in [-0.25, -0.2) is 9.97 Å². The van der Waals surface area contributed by atoms with Gasteiger partial charge in [-0.1, -0.05) is 18.2 Å². The number of thiophene rings is 1. The van der Waals surface area contributed by atoms with Crippen molar-refractivity contribution < 1.29 is 9.21 Å². The first-order valence-corrected chi connectivity index (χ1v) is 12.4. The van der Waals surface area contributed by atoms with Gasteiger partial charge < -0.3 is 15.1 Å². The Labute approximate surface area is 209 Å². The molecule has 5 heterocycles. The van der Waals surface area contributed by atoms with Crippen LogP contribution in [-0.4, -0.2) is 25.4 Å². The van der Waals surface area contributed by atoms with E-state index in [4.69, 9.17) is 4.42 Å². The number of carbonyl (C=O) groups excluding carboxylic acids is 1. The van der Waals surface area contributed by atoms with Crippen molar-refractivity contribution >= 4 is 33.0 Å². The fourth-order valence-electron chi connectivity index (χ4n) is 4.38. The first kappa shape index (κ1) is 22.2. The Morgan fingerprint density at radius 3 is 2.86 bits per heavy atom. The Kier molecular flexibility index (Phi) is 5.78. The molecule has 1 atom stereocenters. The topological polar surface area (TPSA) is 115 Å². The molecule has 1 aliphatic rings. The van der Waals surface area contributed by atoms with E-state index in [2.05, 4.69) is 25.6 Å². The van der Waals surface area contributed by atoms with Crippen molar-refractivity contribution in [2.75, 3.05) is 5.32 Å². The highest BCUT2D eigenvalue weighted by Gasteiger charge is 2.31. The van der Waals surface area contributed by atoms with Crippen molar-refractivity contribution in [1.29, 1.82) is 0 Å². The number of fused-ring (bicyclic) bond motifs is 2. The van der Waals surface area contributed by atoms with Crippen molar-refractivity contribution in [3.63, 3.8) is 0 Å². The molecule has 9 nitrogen and oxygen atoms in total. The number of pyridine rings is 1. The number of benzene rings is 1. The third-order valence-corrected chi connectivity index (χ3v) is 7.27. The highest BCUT2D eigenvalue weighted by atomic mass is 32.1. The van der Waals surface area contributed by atoms with Gasteiger partial charge >= 0.3 is 0 Å². The lowest BCUT2D eigenvalue weighted by atomic mass is 10.2. The van der Waals surface area contributed by atoms with Crippen LogP contribution in [0.1, 0.15) is 28.9 Å². The van der Waals surface area contributed by atoms with Crippen LogP contribution >= 0.6 is 11.3 Å². The maximum atomic E-state index is 13.2. The van der Waals surface area contributed by atoms with E-state index in [1.165, 1.54) is 10.8 Å². The maximum absolute atomic E-state index is 13.2. The minimum Gasteiger partial charge on any atom is -0.439 e. The van der Waals surface area contributed by atoms with Gasteiger partial charge in [0.15, 0.2) is 0 Å². The predicted molar refractivity (Wildman–Crippen MR) is 137 cm³/mol. The minimum absolute atomic E-state index is 0.187. The summed E-state index contributed by atoms with van der Waals surface area (Å²) in [7, 11) is 0.